The van der Waals surface area contributed by atoms with Crippen LogP contribution >= 0.6 is 11.8 Å². The topological polar surface area (TPSA) is 90.7 Å². The van der Waals surface area contributed by atoms with Gasteiger partial charge in [-0.1, -0.05) is 18.2 Å². The molecule has 0 spiro atoms. The van der Waals surface area contributed by atoms with Gasteiger partial charge in [0.25, 0.3) is 5.91 Å². The summed E-state index contributed by atoms with van der Waals surface area (Å²) in [6.45, 7) is 0. The standard InChI is InChI=1S/C20H18F2N2O4S/c1-27-13-5-3-4-11(8-13)12-9-15(21)17(16(22)10-12)20(19(23)26)14(6-7-29-20)18(25)24-28-2/h3-10,14H,1-2H3,(H2,23,26)(H,24,25)/i1D3. The predicted molar refractivity (Wildman–Crippen MR) is 105 cm³/mol. The quantitative estimate of drug-likeness (QED) is 0.698. The van der Waals surface area contributed by atoms with Crippen molar-refractivity contribution >= 4 is 23.6 Å². The van der Waals surface area contributed by atoms with Gasteiger partial charge >= 0.3 is 0 Å². The monoisotopic (exact) mass is 423 g/mol. The van der Waals surface area contributed by atoms with Crippen molar-refractivity contribution in [1.82, 2.24) is 5.48 Å². The molecule has 29 heavy (non-hydrogen) atoms. The molecule has 2 unspecified atom stereocenters. The SMILES string of the molecule is [2H]C([2H])([2H])Oc1cccc(-c2cc(F)c(C3(C(N)=O)SC=CC3C(=O)NOC)c(F)c2)c1. The Morgan fingerprint density at radius 1 is 1.24 bits per heavy atom. The number of amides is 2. The number of carbonyl (C=O) groups excluding carboxylic acids is 2. The molecule has 0 saturated carbocycles. The van der Waals surface area contributed by atoms with E-state index in [-0.39, 0.29) is 16.9 Å². The Balaban J connectivity index is 2.08. The molecule has 0 fully saturated rings. The molecule has 2 aromatic rings. The molecule has 0 bridgehead atoms. The Morgan fingerprint density at radius 3 is 2.59 bits per heavy atom. The zero-order valence-electron chi connectivity index (χ0n) is 18.1. The van der Waals surface area contributed by atoms with Gasteiger partial charge in [-0.15, -0.1) is 11.8 Å². The number of hydrogen-bond donors (Lipinski definition) is 2. The summed E-state index contributed by atoms with van der Waals surface area (Å²) >= 11 is 0.718. The van der Waals surface area contributed by atoms with E-state index in [4.69, 9.17) is 14.6 Å². The van der Waals surface area contributed by atoms with Gasteiger partial charge in [-0.05, 0) is 40.8 Å². The van der Waals surface area contributed by atoms with Gasteiger partial charge in [0.1, 0.15) is 22.1 Å². The van der Waals surface area contributed by atoms with Gasteiger partial charge in [-0.3, -0.25) is 14.4 Å². The van der Waals surface area contributed by atoms with Gasteiger partial charge in [-0.2, -0.15) is 0 Å². The van der Waals surface area contributed by atoms with Crippen molar-refractivity contribution in [3.63, 3.8) is 0 Å². The minimum absolute atomic E-state index is 0.0205. The number of hydroxylamine groups is 1. The van der Waals surface area contributed by atoms with E-state index >= 15 is 8.78 Å². The number of benzene rings is 2. The second-order valence-electron chi connectivity index (χ2n) is 6.14. The van der Waals surface area contributed by atoms with E-state index in [2.05, 4.69) is 10.3 Å². The highest BCUT2D eigenvalue weighted by Crippen LogP contribution is 2.51. The molecule has 1 heterocycles. The molecular formula is C20H18F2N2O4S. The first-order valence-corrected chi connectivity index (χ1v) is 9.14. The van der Waals surface area contributed by atoms with Crippen LogP contribution in [0.3, 0.4) is 0 Å². The average molecular weight is 423 g/mol. The highest BCUT2D eigenvalue weighted by atomic mass is 32.2. The molecule has 0 saturated heterocycles. The fourth-order valence-corrected chi connectivity index (χ4v) is 4.46. The number of halogens is 2. The second kappa shape index (κ2) is 8.22. The zero-order valence-corrected chi connectivity index (χ0v) is 15.9. The largest absolute Gasteiger partial charge is 0.497 e. The van der Waals surface area contributed by atoms with Crippen LogP contribution in [0.4, 0.5) is 8.78 Å². The van der Waals surface area contributed by atoms with Crippen LogP contribution in [-0.2, 0) is 19.2 Å². The maximum Gasteiger partial charge on any atom is 0.252 e. The molecule has 6 nitrogen and oxygen atoms in total. The number of rotatable bonds is 6. The summed E-state index contributed by atoms with van der Waals surface area (Å²) in [7, 11) is -1.52. The second-order valence-corrected chi connectivity index (χ2v) is 7.29. The van der Waals surface area contributed by atoms with E-state index in [0.29, 0.717) is 0 Å². The number of methoxy groups -OCH3 is 1. The van der Waals surface area contributed by atoms with Crippen molar-refractivity contribution in [3.05, 3.63) is 65.1 Å². The maximum absolute atomic E-state index is 15.3. The number of nitrogens with two attached hydrogens (primary N) is 1. The first-order valence-electron chi connectivity index (χ1n) is 9.76. The molecule has 9 heteroatoms. The number of primary amides is 1. The van der Waals surface area contributed by atoms with Crippen LogP contribution in [0.2, 0.25) is 0 Å². The third-order valence-corrected chi connectivity index (χ3v) is 5.84. The minimum Gasteiger partial charge on any atom is -0.497 e. The third-order valence-electron chi connectivity index (χ3n) is 4.51. The number of ether oxygens (including phenoxy) is 1. The molecule has 1 aliphatic rings. The number of thioether (sulfide) groups is 1. The van der Waals surface area contributed by atoms with Crippen LogP contribution in [0.1, 0.15) is 9.68 Å². The van der Waals surface area contributed by atoms with E-state index in [9.17, 15) is 9.59 Å². The van der Waals surface area contributed by atoms with Gasteiger partial charge < -0.3 is 10.5 Å². The Kier molecular flexibility index (Phi) is 4.82. The predicted octanol–water partition coefficient (Wildman–Crippen LogP) is 2.88. The molecule has 2 atom stereocenters. The molecule has 0 aliphatic carbocycles. The highest BCUT2D eigenvalue weighted by Gasteiger charge is 2.54. The average Bonchev–Trinajstić information content (AvgIpc) is 3.12. The fourth-order valence-electron chi connectivity index (χ4n) is 3.25. The number of hydrogen-bond acceptors (Lipinski definition) is 5. The normalized spacial score (nSPS) is 22.4. The third kappa shape index (κ3) is 3.58. The van der Waals surface area contributed by atoms with Gasteiger partial charge in [-0.25, -0.2) is 14.3 Å². The Labute approximate surface area is 174 Å². The van der Waals surface area contributed by atoms with Crippen LogP contribution < -0.4 is 16.0 Å². The lowest BCUT2D eigenvalue weighted by Gasteiger charge is -2.31. The smallest absolute Gasteiger partial charge is 0.252 e. The summed E-state index contributed by atoms with van der Waals surface area (Å²) in [5.41, 5.74) is 7.25. The van der Waals surface area contributed by atoms with Crippen LogP contribution in [0.25, 0.3) is 11.1 Å². The van der Waals surface area contributed by atoms with E-state index in [1.54, 1.807) is 0 Å². The summed E-state index contributed by atoms with van der Waals surface area (Å²) in [5.74, 6) is -5.46. The summed E-state index contributed by atoms with van der Waals surface area (Å²) in [4.78, 5) is 29.4. The highest BCUT2D eigenvalue weighted by molar-refractivity contribution is 8.04. The Bertz CT molecular complexity index is 1070. The summed E-state index contributed by atoms with van der Waals surface area (Å²) in [6.07, 6.45) is 1.31. The molecule has 3 N–H and O–H groups in total. The Morgan fingerprint density at radius 2 is 1.97 bits per heavy atom. The number of nitrogens with one attached hydrogen (secondary N) is 1. The van der Waals surface area contributed by atoms with Gasteiger partial charge in [0.2, 0.25) is 5.91 Å². The van der Waals surface area contributed by atoms with Crippen LogP contribution in [0.15, 0.2) is 47.9 Å². The molecule has 2 aromatic carbocycles. The van der Waals surface area contributed by atoms with E-state index in [0.717, 1.165) is 23.9 Å². The first kappa shape index (κ1) is 17.0. The lowest BCUT2D eigenvalue weighted by molar-refractivity contribution is -0.138. The fraction of sp³-hybridized carbons (Fsp3) is 0.200. The van der Waals surface area contributed by atoms with E-state index < -0.39 is 46.7 Å². The van der Waals surface area contributed by atoms with Crippen LogP contribution in [-0.4, -0.2) is 26.0 Å². The Hall–Kier alpha value is -2.91. The lowest BCUT2D eigenvalue weighted by atomic mass is 9.82. The minimum atomic E-state index is -2.70. The van der Waals surface area contributed by atoms with Crippen molar-refractivity contribution < 1.29 is 32.1 Å². The van der Waals surface area contributed by atoms with E-state index in [1.807, 2.05) is 0 Å². The lowest BCUT2D eigenvalue weighted by Crippen LogP contribution is -2.49. The van der Waals surface area contributed by atoms with Crippen molar-refractivity contribution in [2.75, 3.05) is 14.1 Å². The molecule has 3 rings (SSSR count). The van der Waals surface area contributed by atoms with Gasteiger partial charge in [0.15, 0.2) is 0 Å². The van der Waals surface area contributed by atoms with Crippen LogP contribution in [0, 0.1) is 17.6 Å². The zero-order chi connectivity index (χ0) is 23.7. The summed E-state index contributed by atoms with van der Waals surface area (Å²) in [5, 5.41) is 1.37. The molecule has 0 aromatic heterocycles. The molecular weight excluding hydrogens is 402 g/mol. The van der Waals surface area contributed by atoms with Crippen molar-refractivity contribution in [2.45, 2.75) is 4.75 Å². The molecule has 1 aliphatic heterocycles. The number of carbonyl (C=O) groups is 2. The van der Waals surface area contributed by atoms with Gasteiger partial charge in [0, 0.05) is 0 Å². The van der Waals surface area contributed by atoms with Gasteiger partial charge in [0.05, 0.1) is 29.7 Å². The summed E-state index contributed by atoms with van der Waals surface area (Å²) in [6, 6.07) is 7.62. The van der Waals surface area contributed by atoms with Crippen LogP contribution in [0.5, 0.6) is 5.75 Å². The maximum atomic E-state index is 15.3. The molecule has 0 radical (unpaired) electrons. The van der Waals surface area contributed by atoms with Crippen molar-refractivity contribution in [3.8, 4) is 16.9 Å². The van der Waals surface area contributed by atoms with Crippen molar-refractivity contribution in [1.29, 1.82) is 0 Å². The van der Waals surface area contributed by atoms with Crippen molar-refractivity contribution in [2.24, 2.45) is 11.7 Å². The first-order chi connectivity index (χ1) is 15.0. The molecule has 152 valence electrons. The summed E-state index contributed by atoms with van der Waals surface area (Å²) < 4.78 is 54.8. The molecule has 2 amide bonds. The van der Waals surface area contributed by atoms with E-state index in [1.165, 1.54) is 42.9 Å².